The zero-order valence-corrected chi connectivity index (χ0v) is 9.65. The molecule has 0 aliphatic carbocycles. The Morgan fingerprint density at radius 3 is 2.56 bits per heavy atom. The number of rotatable bonds is 2. The lowest BCUT2D eigenvalue weighted by molar-refractivity contribution is 1.10. The van der Waals surface area contributed by atoms with E-state index in [2.05, 4.69) is 20.3 Å². The molecule has 2 aromatic rings. The van der Waals surface area contributed by atoms with Gasteiger partial charge in [-0.25, -0.2) is 9.97 Å². The van der Waals surface area contributed by atoms with Crippen molar-refractivity contribution in [3.63, 3.8) is 0 Å². The minimum absolute atomic E-state index is 0.715. The molecule has 0 aromatic carbocycles. The van der Waals surface area contributed by atoms with Gasteiger partial charge in [0.15, 0.2) is 5.82 Å². The van der Waals surface area contributed by atoms with Crippen LogP contribution in [0.25, 0.3) is 11.4 Å². The van der Waals surface area contributed by atoms with Gasteiger partial charge in [-0.2, -0.15) is 0 Å². The van der Waals surface area contributed by atoms with E-state index in [1.165, 1.54) is 0 Å². The number of aryl methyl sites for hydroxylation is 2. The molecule has 2 aromatic heterocycles. The zero-order valence-electron chi connectivity index (χ0n) is 9.65. The smallest absolute Gasteiger partial charge is 0.161 e. The van der Waals surface area contributed by atoms with Gasteiger partial charge in [0.2, 0.25) is 0 Å². The van der Waals surface area contributed by atoms with Gasteiger partial charge in [0.1, 0.15) is 0 Å². The highest BCUT2D eigenvalue weighted by molar-refractivity contribution is 5.57. The van der Waals surface area contributed by atoms with Crippen molar-refractivity contribution in [3.8, 4) is 11.4 Å². The molecule has 4 nitrogen and oxygen atoms in total. The second-order valence-electron chi connectivity index (χ2n) is 3.69. The van der Waals surface area contributed by atoms with Crippen molar-refractivity contribution in [1.29, 1.82) is 0 Å². The molecule has 16 heavy (non-hydrogen) atoms. The van der Waals surface area contributed by atoms with Crippen LogP contribution in [-0.4, -0.2) is 22.0 Å². The number of anilines is 1. The summed E-state index contributed by atoms with van der Waals surface area (Å²) in [5.41, 5.74) is 3.94. The lowest BCUT2D eigenvalue weighted by Crippen LogP contribution is -1.98. The fourth-order valence-corrected chi connectivity index (χ4v) is 1.53. The van der Waals surface area contributed by atoms with Gasteiger partial charge in [-0.3, -0.25) is 4.98 Å². The molecule has 0 radical (unpaired) electrons. The molecule has 0 aliphatic rings. The number of nitrogens with zero attached hydrogens (tertiary/aromatic N) is 3. The van der Waals surface area contributed by atoms with Crippen LogP contribution < -0.4 is 5.32 Å². The molecule has 2 heterocycles. The van der Waals surface area contributed by atoms with Crippen molar-refractivity contribution in [2.75, 3.05) is 12.4 Å². The Kier molecular flexibility index (Phi) is 2.81. The van der Waals surface area contributed by atoms with Crippen LogP contribution in [0.2, 0.25) is 0 Å². The molecule has 0 atom stereocenters. The van der Waals surface area contributed by atoms with E-state index in [0.29, 0.717) is 5.82 Å². The Labute approximate surface area is 94.8 Å². The maximum atomic E-state index is 4.44. The highest BCUT2D eigenvalue weighted by Gasteiger charge is 2.04. The number of nitrogens with one attached hydrogen (secondary N) is 1. The van der Waals surface area contributed by atoms with Crippen LogP contribution in [0.15, 0.2) is 24.7 Å². The Morgan fingerprint density at radius 2 is 1.94 bits per heavy atom. The van der Waals surface area contributed by atoms with Gasteiger partial charge in [0.05, 0.1) is 17.6 Å². The van der Waals surface area contributed by atoms with Gasteiger partial charge in [-0.05, 0) is 25.5 Å². The molecule has 0 amide bonds. The minimum Gasteiger partial charge on any atom is -0.385 e. The molecule has 4 heteroatoms. The minimum atomic E-state index is 0.715. The van der Waals surface area contributed by atoms with Crippen LogP contribution in [0.4, 0.5) is 5.69 Å². The molecule has 82 valence electrons. The molecule has 0 unspecified atom stereocenters. The SMILES string of the molecule is CNc1cnc(-c2cncc(C)c2)nc1C. The van der Waals surface area contributed by atoms with Crippen molar-refractivity contribution in [1.82, 2.24) is 15.0 Å². The second-order valence-corrected chi connectivity index (χ2v) is 3.69. The average molecular weight is 214 g/mol. The van der Waals surface area contributed by atoms with Gasteiger partial charge < -0.3 is 5.32 Å². The molecular weight excluding hydrogens is 200 g/mol. The number of aromatic nitrogens is 3. The summed E-state index contributed by atoms with van der Waals surface area (Å²) in [5, 5.41) is 3.04. The van der Waals surface area contributed by atoms with Crippen LogP contribution >= 0.6 is 0 Å². The predicted octanol–water partition coefficient (Wildman–Crippen LogP) is 2.20. The summed E-state index contributed by atoms with van der Waals surface area (Å²) in [6.07, 6.45) is 5.39. The first-order valence-electron chi connectivity index (χ1n) is 5.14. The second kappa shape index (κ2) is 4.26. The third kappa shape index (κ3) is 2.00. The van der Waals surface area contributed by atoms with Crippen LogP contribution in [0, 0.1) is 13.8 Å². The topological polar surface area (TPSA) is 50.7 Å². The van der Waals surface area contributed by atoms with E-state index >= 15 is 0 Å². The highest BCUT2D eigenvalue weighted by atomic mass is 14.9. The van der Waals surface area contributed by atoms with Crippen molar-refractivity contribution in [3.05, 3.63) is 35.9 Å². The molecule has 2 rings (SSSR count). The first kappa shape index (κ1) is 10.5. The van der Waals surface area contributed by atoms with E-state index in [1.54, 1.807) is 12.4 Å². The summed E-state index contributed by atoms with van der Waals surface area (Å²) in [5.74, 6) is 0.715. The molecule has 0 aliphatic heterocycles. The van der Waals surface area contributed by atoms with E-state index in [9.17, 15) is 0 Å². The van der Waals surface area contributed by atoms with Gasteiger partial charge in [0, 0.05) is 25.0 Å². The number of pyridine rings is 1. The van der Waals surface area contributed by atoms with Crippen molar-refractivity contribution in [2.24, 2.45) is 0 Å². The zero-order chi connectivity index (χ0) is 11.5. The van der Waals surface area contributed by atoms with E-state index in [1.807, 2.05) is 33.2 Å². The lowest BCUT2D eigenvalue weighted by atomic mass is 10.2. The molecule has 0 bridgehead atoms. The molecule has 0 spiro atoms. The maximum absolute atomic E-state index is 4.44. The Hall–Kier alpha value is -1.97. The standard InChI is InChI=1S/C12H14N4/c1-8-4-10(6-14-5-8)12-15-7-11(13-3)9(2)16-12/h4-7,13H,1-3H3. The first-order chi connectivity index (χ1) is 7.70. The quantitative estimate of drug-likeness (QED) is 0.832. The highest BCUT2D eigenvalue weighted by Crippen LogP contribution is 2.18. The Balaban J connectivity index is 2.45. The normalized spacial score (nSPS) is 10.2. The molecule has 0 saturated carbocycles. The van der Waals surface area contributed by atoms with Crippen molar-refractivity contribution < 1.29 is 0 Å². The first-order valence-corrected chi connectivity index (χ1v) is 5.14. The maximum Gasteiger partial charge on any atom is 0.161 e. The van der Waals surface area contributed by atoms with E-state index in [-0.39, 0.29) is 0 Å². The lowest BCUT2D eigenvalue weighted by Gasteiger charge is -2.06. The summed E-state index contributed by atoms with van der Waals surface area (Å²) in [4.78, 5) is 12.9. The Morgan fingerprint density at radius 1 is 1.12 bits per heavy atom. The van der Waals surface area contributed by atoms with Crippen LogP contribution in [0.3, 0.4) is 0 Å². The van der Waals surface area contributed by atoms with E-state index in [4.69, 9.17) is 0 Å². The van der Waals surface area contributed by atoms with Crippen LogP contribution in [-0.2, 0) is 0 Å². The fourth-order valence-electron chi connectivity index (χ4n) is 1.53. The summed E-state index contributed by atoms with van der Waals surface area (Å²) in [6, 6.07) is 2.03. The molecular formula is C12H14N4. The predicted molar refractivity (Wildman–Crippen MR) is 64.3 cm³/mol. The van der Waals surface area contributed by atoms with Crippen molar-refractivity contribution >= 4 is 5.69 Å². The molecule has 1 N–H and O–H groups in total. The molecule has 0 saturated heterocycles. The van der Waals surface area contributed by atoms with Gasteiger partial charge in [0.25, 0.3) is 0 Å². The van der Waals surface area contributed by atoms with Gasteiger partial charge in [-0.1, -0.05) is 0 Å². The number of hydrogen-bond donors (Lipinski definition) is 1. The number of hydrogen-bond acceptors (Lipinski definition) is 4. The van der Waals surface area contributed by atoms with E-state index < -0.39 is 0 Å². The summed E-state index contributed by atoms with van der Waals surface area (Å²) < 4.78 is 0. The van der Waals surface area contributed by atoms with Gasteiger partial charge in [-0.15, -0.1) is 0 Å². The van der Waals surface area contributed by atoms with Crippen molar-refractivity contribution in [2.45, 2.75) is 13.8 Å². The summed E-state index contributed by atoms with van der Waals surface area (Å²) in [7, 11) is 1.86. The largest absolute Gasteiger partial charge is 0.385 e. The monoisotopic (exact) mass is 214 g/mol. The van der Waals surface area contributed by atoms with Crippen LogP contribution in [0.5, 0.6) is 0 Å². The Bertz CT molecular complexity index is 508. The third-order valence-electron chi connectivity index (χ3n) is 2.38. The summed E-state index contributed by atoms with van der Waals surface area (Å²) >= 11 is 0. The van der Waals surface area contributed by atoms with Gasteiger partial charge >= 0.3 is 0 Å². The molecule has 0 fully saturated rings. The third-order valence-corrected chi connectivity index (χ3v) is 2.38. The summed E-state index contributed by atoms with van der Waals surface area (Å²) in [6.45, 7) is 3.96. The average Bonchev–Trinajstić information content (AvgIpc) is 2.29. The van der Waals surface area contributed by atoms with E-state index in [0.717, 1.165) is 22.5 Å². The fraction of sp³-hybridized carbons (Fsp3) is 0.250. The van der Waals surface area contributed by atoms with Crippen LogP contribution in [0.1, 0.15) is 11.3 Å².